The molecule has 20 heavy (non-hydrogen) atoms. The van der Waals surface area contributed by atoms with Gasteiger partial charge < -0.3 is 4.74 Å². The number of fused-ring (bicyclic) bond motifs is 1. The highest BCUT2D eigenvalue weighted by Gasteiger charge is 2.02. The van der Waals surface area contributed by atoms with Gasteiger partial charge in [-0.25, -0.2) is 0 Å². The van der Waals surface area contributed by atoms with E-state index in [2.05, 4.69) is 36.2 Å². The van der Waals surface area contributed by atoms with Crippen molar-refractivity contribution in [2.24, 2.45) is 0 Å². The second-order valence-electron chi connectivity index (χ2n) is 4.93. The Morgan fingerprint density at radius 1 is 0.900 bits per heavy atom. The summed E-state index contributed by atoms with van der Waals surface area (Å²) in [5, 5.41) is 1.21. The summed E-state index contributed by atoms with van der Waals surface area (Å²) in [5.74, 6) is 0. The number of hydrogen-bond acceptors (Lipinski definition) is 2. The summed E-state index contributed by atoms with van der Waals surface area (Å²) in [6.07, 6.45) is 0. The molecule has 2 aromatic carbocycles. The molecule has 0 spiro atoms. The Balaban J connectivity index is 1.72. The highest BCUT2D eigenvalue weighted by molar-refractivity contribution is 5.81. The first-order chi connectivity index (χ1) is 9.83. The number of ether oxygens (including phenoxy) is 1. The van der Waals surface area contributed by atoms with Crippen LogP contribution in [-0.2, 0) is 18.0 Å². The molecular weight excluding hydrogens is 246 g/mol. The lowest BCUT2D eigenvalue weighted by Gasteiger charge is -2.07. The first-order valence-corrected chi connectivity index (χ1v) is 6.80. The molecule has 0 saturated carbocycles. The van der Waals surface area contributed by atoms with E-state index in [-0.39, 0.29) is 0 Å². The van der Waals surface area contributed by atoms with Crippen molar-refractivity contribution in [3.63, 3.8) is 0 Å². The Kier molecular flexibility index (Phi) is 3.75. The van der Waals surface area contributed by atoms with Gasteiger partial charge in [-0.1, -0.05) is 48.5 Å². The Morgan fingerprint density at radius 2 is 1.65 bits per heavy atom. The van der Waals surface area contributed by atoms with Gasteiger partial charge in [-0.2, -0.15) is 0 Å². The van der Waals surface area contributed by atoms with Gasteiger partial charge in [0.1, 0.15) is 0 Å². The van der Waals surface area contributed by atoms with Crippen molar-refractivity contribution in [2.45, 2.75) is 20.1 Å². The molecule has 0 aliphatic carbocycles. The zero-order chi connectivity index (χ0) is 13.8. The summed E-state index contributed by atoms with van der Waals surface area (Å²) in [4.78, 5) is 4.64. The fourth-order valence-corrected chi connectivity index (χ4v) is 2.34. The van der Waals surface area contributed by atoms with E-state index >= 15 is 0 Å². The van der Waals surface area contributed by atoms with Crippen molar-refractivity contribution < 1.29 is 4.74 Å². The van der Waals surface area contributed by atoms with Crippen LogP contribution in [0.25, 0.3) is 10.9 Å². The summed E-state index contributed by atoms with van der Waals surface area (Å²) in [6.45, 7) is 3.28. The van der Waals surface area contributed by atoms with Crippen LogP contribution in [-0.4, -0.2) is 4.98 Å². The van der Waals surface area contributed by atoms with E-state index in [1.54, 1.807) is 0 Å². The van der Waals surface area contributed by atoms with Crippen LogP contribution in [0.4, 0.5) is 0 Å². The number of para-hydroxylation sites is 1. The van der Waals surface area contributed by atoms with Crippen LogP contribution in [0.15, 0.2) is 60.7 Å². The first-order valence-electron chi connectivity index (χ1n) is 6.80. The molecule has 0 atom stereocenters. The maximum Gasteiger partial charge on any atom is 0.0892 e. The van der Waals surface area contributed by atoms with Gasteiger partial charge in [-0.15, -0.1) is 0 Å². The van der Waals surface area contributed by atoms with Gasteiger partial charge in [-0.05, 0) is 30.2 Å². The molecule has 3 aromatic rings. The predicted octanol–water partition coefficient (Wildman–Crippen LogP) is 4.26. The van der Waals surface area contributed by atoms with E-state index in [1.165, 1.54) is 16.5 Å². The second-order valence-corrected chi connectivity index (χ2v) is 4.93. The molecule has 0 aliphatic heterocycles. The molecule has 0 saturated heterocycles. The average Bonchev–Trinajstić information content (AvgIpc) is 2.48. The van der Waals surface area contributed by atoms with Crippen molar-refractivity contribution in [3.05, 3.63) is 77.5 Å². The molecule has 1 aromatic heterocycles. The molecule has 0 aliphatic rings. The van der Waals surface area contributed by atoms with Crippen LogP contribution >= 0.6 is 0 Å². The fraction of sp³-hybridized carbons (Fsp3) is 0.167. The highest BCUT2D eigenvalue weighted by atomic mass is 16.5. The zero-order valence-corrected chi connectivity index (χ0v) is 11.5. The third kappa shape index (κ3) is 2.86. The van der Waals surface area contributed by atoms with E-state index in [1.807, 2.05) is 36.4 Å². The average molecular weight is 263 g/mol. The van der Waals surface area contributed by atoms with E-state index in [4.69, 9.17) is 4.74 Å². The largest absolute Gasteiger partial charge is 0.370 e. The van der Waals surface area contributed by atoms with Gasteiger partial charge in [0.05, 0.1) is 24.4 Å². The van der Waals surface area contributed by atoms with E-state index in [0.717, 1.165) is 11.2 Å². The maximum atomic E-state index is 5.75. The van der Waals surface area contributed by atoms with Crippen LogP contribution in [0.5, 0.6) is 0 Å². The number of aryl methyl sites for hydroxylation is 1. The quantitative estimate of drug-likeness (QED) is 0.701. The van der Waals surface area contributed by atoms with E-state index in [9.17, 15) is 0 Å². The Labute approximate surface area is 119 Å². The molecule has 2 heteroatoms. The molecule has 0 radical (unpaired) electrons. The van der Waals surface area contributed by atoms with Gasteiger partial charge in [0.25, 0.3) is 0 Å². The van der Waals surface area contributed by atoms with Crippen molar-refractivity contribution in [1.82, 2.24) is 4.98 Å². The third-order valence-electron chi connectivity index (χ3n) is 3.34. The van der Waals surface area contributed by atoms with Gasteiger partial charge in [0.15, 0.2) is 0 Å². The Hall–Kier alpha value is -2.19. The predicted molar refractivity (Wildman–Crippen MR) is 81.4 cm³/mol. The molecule has 3 rings (SSSR count). The van der Waals surface area contributed by atoms with E-state index in [0.29, 0.717) is 13.2 Å². The minimum Gasteiger partial charge on any atom is -0.370 e. The van der Waals surface area contributed by atoms with Crippen molar-refractivity contribution in [1.29, 1.82) is 0 Å². The Morgan fingerprint density at radius 3 is 2.50 bits per heavy atom. The minimum atomic E-state index is 0.542. The minimum absolute atomic E-state index is 0.542. The summed E-state index contributed by atoms with van der Waals surface area (Å²) in [7, 11) is 0. The molecule has 0 bridgehead atoms. The fourth-order valence-electron chi connectivity index (χ4n) is 2.34. The number of nitrogens with zero attached hydrogens (tertiary/aromatic N) is 1. The SMILES string of the molecule is Cc1cc(COCc2ccccc2)nc2ccccc12. The van der Waals surface area contributed by atoms with Crippen molar-refractivity contribution >= 4 is 10.9 Å². The third-order valence-corrected chi connectivity index (χ3v) is 3.34. The highest BCUT2D eigenvalue weighted by Crippen LogP contribution is 2.17. The lowest BCUT2D eigenvalue weighted by molar-refractivity contribution is 0.105. The number of benzene rings is 2. The molecule has 0 amide bonds. The van der Waals surface area contributed by atoms with Crippen LogP contribution in [0.1, 0.15) is 16.8 Å². The smallest absolute Gasteiger partial charge is 0.0892 e. The van der Waals surface area contributed by atoms with Crippen LogP contribution in [0.2, 0.25) is 0 Å². The van der Waals surface area contributed by atoms with E-state index < -0.39 is 0 Å². The van der Waals surface area contributed by atoms with Crippen LogP contribution in [0.3, 0.4) is 0 Å². The molecular formula is C18H17NO. The zero-order valence-electron chi connectivity index (χ0n) is 11.5. The standard InChI is InChI=1S/C18H17NO/c1-14-11-16(19-18-10-6-5-9-17(14)18)13-20-12-15-7-3-2-4-8-15/h2-11H,12-13H2,1H3. The molecule has 0 unspecified atom stereocenters. The van der Waals surface area contributed by atoms with Gasteiger partial charge >= 0.3 is 0 Å². The molecule has 100 valence electrons. The summed E-state index contributed by atoms with van der Waals surface area (Å²) >= 11 is 0. The molecule has 1 heterocycles. The number of pyridine rings is 1. The summed E-state index contributed by atoms with van der Waals surface area (Å²) in [6, 6.07) is 20.5. The van der Waals surface area contributed by atoms with Gasteiger partial charge in [0.2, 0.25) is 0 Å². The normalized spacial score (nSPS) is 10.8. The van der Waals surface area contributed by atoms with Crippen molar-refractivity contribution in [3.8, 4) is 0 Å². The monoisotopic (exact) mass is 263 g/mol. The lowest BCUT2D eigenvalue weighted by atomic mass is 10.1. The van der Waals surface area contributed by atoms with Gasteiger partial charge in [0, 0.05) is 5.39 Å². The molecule has 0 N–H and O–H groups in total. The number of rotatable bonds is 4. The first kappa shape index (κ1) is 12.8. The summed E-state index contributed by atoms with van der Waals surface area (Å²) in [5.41, 5.74) is 4.45. The van der Waals surface area contributed by atoms with Crippen LogP contribution < -0.4 is 0 Å². The lowest BCUT2D eigenvalue weighted by Crippen LogP contribution is -1.98. The molecule has 0 fully saturated rings. The Bertz CT molecular complexity index is 707. The maximum absolute atomic E-state index is 5.75. The summed E-state index contributed by atoms with van der Waals surface area (Å²) < 4.78 is 5.75. The number of hydrogen-bond donors (Lipinski definition) is 0. The topological polar surface area (TPSA) is 22.1 Å². The van der Waals surface area contributed by atoms with Crippen molar-refractivity contribution in [2.75, 3.05) is 0 Å². The number of aromatic nitrogens is 1. The second kappa shape index (κ2) is 5.85. The van der Waals surface area contributed by atoms with Crippen LogP contribution in [0, 0.1) is 6.92 Å². The molecule has 2 nitrogen and oxygen atoms in total. The van der Waals surface area contributed by atoms with Gasteiger partial charge in [-0.3, -0.25) is 4.98 Å².